The molecule has 0 radical (unpaired) electrons. The Hall–Kier alpha value is -0.520. The van der Waals surface area contributed by atoms with E-state index in [4.69, 9.17) is 15.9 Å². The first kappa shape index (κ1) is 12.0. The topological polar surface area (TPSA) is 25.4 Å². The molecular weight excluding hydrogens is 240 g/mol. The summed E-state index contributed by atoms with van der Waals surface area (Å²) >= 11 is 5.29. The minimum Gasteiger partial charge on any atom is -0.473 e. The number of hydrogen-bond acceptors (Lipinski definition) is 3. The molecule has 0 amide bonds. The van der Waals surface area contributed by atoms with Gasteiger partial charge in [-0.15, -0.1) is 0 Å². The molecule has 1 fully saturated rings. The average Bonchev–Trinajstić information content (AvgIpc) is 2.62. The van der Waals surface area contributed by atoms with Crippen LogP contribution in [0.1, 0.15) is 6.92 Å². The zero-order valence-electron chi connectivity index (χ0n) is 9.50. The van der Waals surface area contributed by atoms with E-state index in [1.807, 2.05) is 18.2 Å². The molecule has 0 aliphatic carbocycles. The summed E-state index contributed by atoms with van der Waals surface area (Å²) in [6.07, 6.45) is 4.04. The van der Waals surface area contributed by atoms with Crippen molar-refractivity contribution < 1.29 is 4.74 Å². The molecule has 3 nitrogen and oxygen atoms in total. The molecule has 0 saturated carbocycles. The number of aromatic nitrogens is 1. The third-order valence-electron chi connectivity index (χ3n) is 2.78. The van der Waals surface area contributed by atoms with Crippen LogP contribution in [0, 0.1) is 5.92 Å². The Balaban J connectivity index is 1.99. The summed E-state index contributed by atoms with van der Waals surface area (Å²) < 4.78 is 8.17. The highest BCUT2D eigenvalue weighted by Gasteiger charge is 2.32. The van der Waals surface area contributed by atoms with Crippen molar-refractivity contribution in [2.45, 2.75) is 13.0 Å². The Morgan fingerprint density at radius 1 is 1.50 bits per heavy atom. The van der Waals surface area contributed by atoms with Crippen LogP contribution in [-0.2, 0) is 20.8 Å². The molecule has 0 bridgehead atoms. The fourth-order valence-corrected chi connectivity index (χ4v) is 3.00. The maximum absolute atomic E-state index is 5.87. The molecule has 88 valence electrons. The summed E-state index contributed by atoms with van der Waals surface area (Å²) in [5.41, 5.74) is 0. The Kier molecular flexibility index (Phi) is 3.89. The van der Waals surface area contributed by atoms with Gasteiger partial charge in [-0.05, 0) is 17.3 Å². The Labute approximate surface area is 104 Å². The van der Waals surface area contributed by atoms with Crippen LogP contribution in [0.5, 0.6) is 5.88 Å². The molecule has 2 heterocycles. The normalized spacial score (nSPS) is 27.9. The number of rotatable bonds is 3. The van der Waals surface area contributed by atoms with Crippen LogP contribution in [-0.4, -0.2) is 34.7 Å². The van der Waals surface area contributed by atoms with Crippen LogP contribution < -0.4 is 4.74 Å². The molecule has 1 aliphatic rings. The van der Waals surface area contributed by atoms with Gasteiger partial charge in [-0.2, -0.15) is 0 Å². The second-order valence-corrected chi connectivity index (χ2v) is 6.88. The number of ether oxygens (including phenoxy) is 1. The Morgan fingerprint density at radius 2 is 2.31 bits per heavy atom. The van der Waals surface area contributed by atoms with Crippen molar-refractivity contribution >= 4 is 20.8 Å². The van der Waals surface area contributed by atoms with Crippen LogP contribution in [0.3, 0.4) is 0 Å². The minimum absolute atomic E-state index is 0.0740. The zero-order chi connectivity index (χ0) is 11.5. The largest absolute Gasteiger partial charge is 0.473 e. The second-order valence-electron chi connectivity index (χ2n) is 4.07. The van der Waals surface area contributed by atoms with E-state index < -0.39 is 0 Å². The summed E-state index contributed by atoms with van der Waals surface area (Å²) in [5.74, 6) is 1.22. The molecule has 1 saturated heterocycles. The van der Waals surface area contributed by atoms with Crippen LogP contribution in [0.4, 0.5) is 0 Å². The van der Waals surface area contributed by atoms with Crippen molar-refractivity contribution in [2.75, 3.05) is 19.3 Å². The first-order valence-electron chi connectivity index (χ1n) is 5.33. The third kappa shape index (κ3) is 2.78. The highest BCUT2D eigenvalue weighted by Crippen LogP contribution is 2.22. The maximum Gasteiger partial charge on any atom is 0.213 e. The van der Waals surface area contributed by atoms with Gasteiger partial charge in [-0.1, -0.05) is 22.6 Å². The summed E-state index contributed by atoms with van der Waals surface area (Å²) in [6.45, 7) is 4.15. The molecular formula is C11H16N2OS2. The predicted molar refractivity (Wildman–Crippen MR) is 70.0 cm³/mol. The van der Waals surface area contributed by atoms with Crippen molar-refractivity contribution in [3.8, 4) is 5.88 Å². The average molecular weight is 256 g/mol. The maximum atomic E-state index is 5.87. The first-order chi connectivity index (χ1) is 7.66. The second kappa shape index (κ2) is 5.21. The molecule has 16 heavy (non-hydrogen) atoms. The Morgan fingerprint density at radius 3 is 2.88 bits per heavy atom. The lowest BCUT2D eigenvalue weighted by molar-refractivity contribution is 0.173. The lowest BCUT2D eigenvalue weighted by Crippen LogP contribution is -2.26. The number of pyridine rings is 1. The fourth-order valence-electron chi connectivity index (χ4n) is 1.83. The van der Waals surface area contributed by atoms with Gasteiger partial charge in [0.15, 0.2) is 0 Å². The molecule has 0 aromatic carbocycles. The third-order valence-corrected chi connectivity index (χ3v) is 4.44. The van der Waals surface area contributed by atoms with Crippen LogP contribution in [0.15, 0.2) is 24.4 Å². The van der Waals surface area contributed by atoms with Gasteiger partial charge < -0.3 is 4.74 Å². The highest BCUT2D eigenvalue weighted by molar-refractivity contribution is 8.27. The molecule has 1 aliphatic heterocycles. The van der Waals surface area contributed by atoms with Crippen molar-refractivity contribution in [2.24, 2.45) is 5.92 Å². The van der Waals surface area contributed by atoms with E-state index in [0.717, 1.165) is 13.1 Å². The van der Waals surface area contributed by atoms with E-state index >= 15 is 0 Å². The molecule has 3 atom stereocenters. The van der Waals surface area contributed by atoms with Crippen LogP contribution in [0.2, 0.25) is 0 Å². The molecule has 1 aromatic rings. The van der Waals surface area contributed by atoms with Crippen molar-refractivity contribution in [1.82, 2.24) is 9.29 Å². The summed E-state index contributed by atoms with van der Waals surface area (Å²) in [7, 11) is -0.0740. The molecule has 5 heteroatoms. The van der Waals surface area contributed by atoms with Crippen molar-refractivity contribution in [3.05, 3.63) is 24.4 Å². The molecule has 0 spiro atoms. The van der Waals surface area contributed by atoms with Crippen LogP contribution in [0.25, 0.3) is 0 Å². The Bertz CT molecular complexity index is 372. The van der Waals surface area contributed by atoms with Gasteiger partial charge in [0.05, 0.1) is 0 Å². The fraction of sp³-hybridized carbons (Fsp3) is 0.545. The van der Waals surface area contributed by atoms with E-state index in [-0.39, 0.29) is 15.7 Å². The monoisotopic (exact) mass is 256 g/mol. The van der Waals surface area contributed by atoms with Crippen LogP contribution >= 0.6 is 0 Å². The quantitative estimate of drug-likeness (QED) is 0.816. The van der Waals surface area contributed by atoms with E-state index in [2.05, 4.69) is 22.5 Å². The van der Waals surface area contributed by atoms with E-state index in [0.29, 0.717) is 11.8 Å². The molecule has 1 aromatic heterocycles. The smallest absolute Gasteiger partial charge is 0.213 e. The van der Waals surface area contributed by atoms with E-state index in [9.17, 15) is 0 Å². The van der Waals surface area contributed by atoms with Gasteiger partial charge in [-0.3, -0.25) is 0 Å². The summed E-state index contributed by atoms with van der Waals surface area (Å²) in [4.78, 5) is 4.18. The summed E-state index contributed by atoms with van der Waals surface area (Å²) in [5, 5.41) is 0. The zero-order valence-corrected chi connectivity index (χ0v) is 11.1. The standard InChI is InChI=1S/C11H16N2OS2/c1-9-7-13(16(2)15)8-10(9)14-11-5-3-4-6-12-11/h3-6,9-10H,7-8H2,1-2H3. The molecule has 0 N–H and O–H groups in total. The molecule has 2 rings (SSSR count). The number of hydrogen-bond donors (Lipinski definition) is 0. The van der Waals surface area contributed by atoms with Crippen molar-refractivity contribution in [3.63, 3.8) is 0 Å². The van der Waals surface area contributed by atoms with E-state index in [1.54, 1.807) is 6.20 Å². The summed E-state index contributed by atoms with van der Waals surface area (Å²) in [6, 6.07) is 5.73. The van der Waals surface area contributed by atoms with Gasteiger partial charge in [0.1, 0.15) is 6.10 Å². The van der Waals surface area contributed by atoms with E-state index in [1.165, 1.54) is 0 Å². The molecule has 3 unspecified atom stereocenters. The van der Waals surface area contributed by atoms with Gasteiger partial charge in [0.25, 0.3) is 0 Å². The van der Waals surface area contributed by atoms with Gasteiger partial charge in [0, 0.05) is 37.5 Å². The minimum atomic E-state index is -0.0740. The van der Waals surface area contributed by atoms with Crippen molar-refractivity contribution in [1.29, 1.82) is 0 Å². The SMILES string of the molecule is CC1CN(S(C)=S)CC1Oc1ccccn1. The van der Waals surface area contributed by atoms with Gasteiger partial charge in [-0.25, -0.2) is 9.29 Å². The lowest BCUT2D eigenvalue weighted by Gasteiger charge is -2.16. The first-order valence-corrected chi connectivity index (χ1v) is 7.84. The van der Waals surface area contributed by atoms with Gasteiger partial charge in [0.2, 0.25) is 5.88 Å². The lowest BCUT2D eigenvalue weighted by atomic mass is 10.1. The highest BCUT2D eigenvalue weighted by atomic mass is 32.8. The number of nitrogens with zero attached hydrogens (tertiary/aromatic N) is 2. The van der Waals surface area contributed by atoms with Gasteiger partial charge >= 0.3 is 0 Å². The predicted octanol–water partition coefficient (Wildman–Crippen LogP) is 1.41.